The van der Waals surface area contributed by atoms with Crippen molar-refractivity contribution in [2.24, 2.45) is 5.92 Å². The van der Waals surface area contributed by atoms with Crippen molar-refractivity contribution < 1.29 is 19.4 Å². The van der Waals surface area contributed by atoms with Crippen molar-refractivity contribution >= 4 is 5.97 Å². The van der Waals surface area contributed by atoms with Crippen molar-refractivity contribution in [2.45, 2.75) is 90.9 Å². The first-order chi connectivity index (χ1) is 11.4. The number of hydrogen-bond acceptors (Lipinski definition) is 3. The summed E-state index contributed by atoms with van der Waals surface area (Å²) in [5.74, 6) is 0.487. The van der Waals surface area contributed by atoms with Gasteiger partial charge in [-0.25, -0.2) is 5.21 Å². The summed E-state index contributed by atoms with van der Waals surface area (Å²) in [5, 5.41) is 9.59. The molecule has 1 atom stereocenters. The quantitative estimate of drug-likeness (QED) is 0.178. The van der Waals surface area contributed by atoms with Crippen LogP contribution in [0.2, 0.25) is 0 Å². The summed E-state index contributed by atoms with van der Waals surface area (Å²) < 4.78 is 5.52. The van der Waals surface area contributed by atoms with E-state index in [2.05, 4.69) is 13.8 Å². The van der Waals surface area contributed by atoms with Gasteiger partial charge in [-0.3, -0.25) is 4.79 Å². The molecule has 0 aliphatic carbocycles. The van der Waals surface area contributed by atoms with Crippen LogP contribution in [-0.4, -0.2) is 43.1 Å². The Labute approximate surface area is 150 Å². The van der Waals surface area contributed by atoms with E-state index in [1.807, 2.05) is 0 Å². The highest BCUT2D eigenvalue weighted by atomic mass is 16.5. The normalized spacial score (nSPS) is 13.0. The van der Waals surface area contributed by atoms with Crippen LogP contribution in [0.1, 0.15) is 90.9 Å². The Morgan fingerprint density at radius 3 is 2.17 bits per heavy atom. The monoisotopic (exact) mass is 344 g/mol. The van der Waals surface area contributed by atoms with Crippen LogP contribution >= 0.6 is 0 Å². The van der Waals surface area contributed by atoms with E-state index in [-0.39, 0.29) is 10.6 Å². The maximum absolute atomic E-state index is 11.9. The largest absolute Gasteiger partial charge is 0.465 e. The van der Waals surface area contributed by atoms with E-state index in [0.29, 0.717) is 18.9 Å². The summed E-state index contributed by atoms with van der Waals surface area (Å²) in [6.07, 6.45) is 13.2. The number of hydrogen-bond donors (Lipinski definition) is 1. The average Bonchev–Trinajstić information content (AvgIpc) is 2.51. The Morgan fingerprint density at radius 1 is 0.917 bits per heavy atom. The summed E-state index contributed by atoms with van der Waals surface area (Å²) in [5.41, 5.74) is 0. The minimum Gasteiger partial charge on any atom is -0.465 e. The minimum absolute atomic E-state index is 0.00157. The number of quaternary nitrogens is 1. The number of ether oxygens (including phenoxy) is 1. The summed E-state index contributed by atoms with van der Waals surface area (Å²) in [6, 6.07) is 0. The first-order valence-electron chi connectivity index (χ1n) is 10.1. The van der Waals surface area contributed by atoms with E-state index >= 15 is 0 Å². The van der Waals surface area contributed by atoms with Crippen LogP contribution in [0.25, 0.3) is 0 Å². The molecule has 0 amide bonds. The minimum atomic E-state index is -0.0530. The predicted octanol–water partition coefficient (Wildman–Crippen LogP) is 5.33. The smallest absolute Gasteiger partial charge is 0.305 e. The molecule has 0 saturated carbocycles. The van der Waals surface area contributed by atoms with Crippen LogP contribution in [0, 0.1) is 5.92 Å². The second kappa shape index (κ2) is 14.7. The molecule has 0 aliphatic heterocycles. The molecule has 4 heteroatoms. The zero-order valence-electron chi connectivity index (χ0n) is 16.7. The molecular weight excluding hydrogens is 302 g/mol. The first kappa shape index (κ1) is 23.4. The lowest BCUT2D eigenvalue weighted by molar-refractivity contribution is -1.07. The third-order valence-electron chi connectivity index (χ3n) is 4.50. The van der Waals surface area contributed by atoms with Crippen molar-refractivity contribution in [3.8, 4) is 0 Å². The highest BCUT2D eigenvalue weighted by Gasteiger charge is 2.13. The maximum Gasteiger partial charge on any atom is 0.305 e. The van der Waals surface area contributed by atoms with E-state index in [9.17, 15) is 10.0 Å². The van der Waals surface area contributed by atoms with Gasteiger partial charge in [-0.05, 0) is 38.0 Å². The standard InChI is InChI=1S/C20H42NO3/c1-5-7-9-11-15-19(14-8-6-2)18-24-20(22)16-12-10-13-17-21(3,4)23/h19,23H,5-18H2,1-4H3/q+1. The van der Waals surface area contributed by atoms with Crippen LogP contribution in [0.15, 0.2) is 0 Å². The second-order valence-electron chi connectivity index (χ2n) is 7.70. The number of carbonyl (C=O) groups excluding carboxylic acids is 1. The fourth-order valence-electron chi connectivity index (χ4n) is 2.89. The highest BCUT2D eigenvalue weighted by molar-refractivity contribution is 5.69. The van der Waals surface area contributed by atoms with Gasteiger partial charge >= 0.3 is 5.97 Å². The molecule has 0 spiro atoms. The summed E-state index contributed by atoms with van der Waals surface area (Å²) in [4.78, 5) is 11.9. The zero-order valence-corrected chi connectivity index (χ0v) is 16.7. The Balaban J connectivity index is 3.81. The van der Waals surface area contributed by atoms with Gasteiger partial charge in [-0.2, -0.15) is 4.65 Å². The van der Waals surface area contributed by atoms with Crippen molar-refractivity contribution in [3.63, 3.8) is 0 Å². The molecule has 0 aromatic rings. The van der Waals surface area contributed by atoms with Gasteiger partial charge in [0.15, 0.2) is 0 Å². The van der Waals surface area contributed by atoms with Crippen molar-refractivity contribution in [3.05, 3.63) is 0 Å². The molecule has 4 nitrogen and oxygen atoms in total. The molecule has 1 N–H and O–H groups in total. The molecule has 0 aromatic carbocycles. The van der Waals surface area contributed by atoms with E-state index in [1.165, 1.54) is 51.4 Å². The van der Waals surface area contributed by atoms with Gasteiger partial charge in [0.2, 0.25) is 0 Å². The lowest BCUT2D eigenvalue weighted by Crippen LogP contribution is -2.36. The van der Waals surface area contributed by atoms with Crippen LogP contribution < -0.4 is 0 Å². The molecule has 0 aromatic heterocycles. The average molecular weight is 345 g/mol. The molecule has 1 unspecified atom stereocenters. The van der Waals surface area contributed by atoms with Gasteiger partial charge in [0.25, 0.3) is 0 Å². The fraction of sp³-hybridized carbons (Fsp3) is 0.950. The fourth-order valence-corrected chi connectivity index (χ4v) is 2.89. The number of esters is 1. The SMILES string of the molecule is CCCCCCC(CCCC)COC(=O)CCCCC[N+](C)(C)O. The maximum atomic E-state index is 11.9. The van der Waals surface area contributed by atoms with Crippen LogP contribution in [0.4, 0.5) is 0 Å². The Morgan fingerprint density at radius 2 is 1.54 bits per heavy atom. The third-order valence-corrected chi connectivity index (χ3v) is 4.50. The number of rotatable bonds is 16. The van der Waals surface area contributed by atoms with Gasteiger partial charge in [-0.15, -0.1) is 0 Å². The van der Waals surface area contributed by atoms with E-state index in [1.54, 1.807) is 14.1 Å². The molecule has 0 bridgehead atoms. The van der Waals surface area contributed by atoms with Gasteiger partial charge in [-0.1, -0.05) is 52.4 Å². The molecule has 24 heavy (non-hydrogen) atoms. The third kappa shape index (κ3) is 16.3. The molecule has 0 aliphatic rings. The van der Waals surface area contributed by atoms with Gasteiger partial charge in [0.05, 0.1) is 20.7 Å². The van der Waals surface area contributed by atoms with Gasteiger partial charge < -0.3 is 4.74 Å². The first-order valence-corrected chi connectivity index (χ1v) is 10.1. The molecule has 0 radical (unpaired) electrons. The van der Waals surface area contributed by atoms with Crippen LogP contribution in [0.5, 0.6) is 0 Å². The highest BCUT2D eigenvalue weighted by Crippen LogP contribution is 2.18. The topological polar surface area (TPSA) is 46.5 Å². The lowest BCUT2D eigenvalue weighted by atomic mass is 9.96. The molecule has 0 heterocycles. The van der Waals surface area contributed by atoms with Crippen LogP contribution in [0.3, 0.4) is 0 Å². The number of hydroxylamine groups is 3. The van der Waals surface area contributed by atoms with Crippen LogP contribution in [-0.2, 0) is 9.53 Å². The van der Waals surface area contributed by atoms with Gasteiger partial charge in [0.1, 0.15) is 6.54 Å². The summed E-state index contributed by atoms with van der Waals surface area (Å²) in [7, 11) is 3.54. The van der Waals surface area contributed by atoms with Crippen molar-refractivity contribution in [1.29, 1.82) is 0 Å². The molecular formula is C20H42NO3+. The number of carbonyl (C=O) groups is 1. The summed E-state index contributed by atoms with van der Waals surface area (Å²) >= 11 is 0. The predicted molar refractivity (Wildman–Crippen MR) is 100.0 cm³/mol. The molecule has 0 saturated heterocycles. The molecule has 0 rings (SSSR count). The zero-order chi connectivity index (χ0) is 18.3. The Hall–Kier alpha value is -0.610. The Bertz CT molecular complexity index is 300. The number of nitrogens with zero attached hydrogens (tertiary/aromatic N) is 1. The van der Waals surface area contributed by atoms with Crippen molar-refractivity contribution in [1.82, 2.24) is 0 Å². The summed E-state index contributed by atoms with van der Waals surface area (Å²) in [6.45, 7) is 5.78. The Kier molecular flexibility index (Phi) is 14.3. The van der Waals surface area contributed by atoms with Gasteiger partial charge in [0, 0.05) is 6.42 Å². The second-order valence-corrected chi connectivity index (χ2v) is 7.70. The van der Waals surface area contributed by atoms with E-state index in [4.69, 9.17) is 4.74 Å². The molecule has 0 fully saturated rings. The van der Waals surface area contributed by atoms with E-state index < -0.39 is 0 Å². The molecule has 144 valence electrons. The van der Waals surface area contributed by atoms with E-state index in [0.717, 1.165) is 25.8 Å². The number of unbranched alkanes of at least 4 members (excludes halogenated alkanes) is 6. The van der Waals surface area contributed by atoms with Crippen molar-refractivity contribution in [2.75, 3.05) is 27.2 Å². The lowest BCUT2D eigenvalue weighted by Gasteiger charge is -2.19.